The summed E-state index contributed by atoms with van der Waals surface area (Å²) in [4.78, 5) is 0. The first-order chi connectivity index (χ1) is 10.3. The fraction of sp³-hybridized carbons (Fsp3) is 0.571. The van der Waals surface area contributed by atoms with E-state index in [9.17, 15) is 24.7 Å². The SMILES string of the molecule is C[C](C)(C)[Ti](=[O])([F])([F])([F])([F])([O]F)([O]F)[C](C)(C)C.Pc1ccccc1.[H+]. The molecular formula is C14H26F6O3PTi+. The average Bonchev–Trinajstić information content (AvgIpc) is 2.38. The van der Waals surface area contributed by atoms with E-state index in [0.29, 0.717) is 0 Å². The predicted octanol–water partition coefficient (Wildman–Crippen LogP) is 7.07. The monoisotopic (exact) mass is 435 g/mol. The first-order valence-electron chi connectivity index (χ1n) is 7.38. The Labute approximate surface area is 140 Å². The standard InChI is InChI=1S/C6H7P.2C4H9.2FO.4FH.O.Ti/c7-6-4-2-1-3-5-6;2*1-4(2)3;2*1-2;;;;;;/h1-5H,7H2;2*1-3H3;;;4*1H;;/q;;;2*-1;;;;;;+6/p-3. The minimum absolute atomic E-state index is 0. The second kappa shape index (κ2) is 3.66. The molecular weight excluding hydrogens is 409 g/mol. The Morgan fingerprint density at radius 3 is 1.20 bits per heavy atom. The summed E-state index contributed by atoms with van der Waals surface area (Å²) in [6, 6.07) is 10.1. The van der Waals surface area contributed by atoms with Crippen molar-refractivity contribution in [1.82, 2.24) is 0 Å². The molecule has 0 spiro atoms. The molecule has 1 unspecified atom stereocenters. The Kier molecular flexibility index (Phi) is 3.61. The molecule has 0 aliphatic rings. The van der Waals surface area contributed by atoms with Crippen LogP contribution in [0.15, 0.2) is 30.3 Å². The van der Waals surface area contributed by atoms with Gasteiger partial charge in [0.15, 0.2) is 0 Å². The van der Waals surface area contributed by atoms with Crippen molar-refractivity contribution in [2.75, 3.05) is 0 Å². The van der Waals surface area contributed by atoms with Crippen molar-refractivity contribution in [3.8, 4) is 0 Å². The fourth-order valence-corrected chi connectivity index (χ4v) is 7.27. The van der Waals surface area contributed by atoms with Gasteiger partial charge in [0.25, 0.3) is 0 Å². The third-order valence-corrected chi connectivity index (χ3v) is 23.3. The van der Waals surface area contributed by atoms with Gasteiger partial charge < -0.3 is 0 Å². The van der Waals surface area contributed by atoms with Crippen LogP contribution in [0.1, 0.15) is 43.0 Å². The molecule has 0 bridgehead atoms. The van der Waals surface area contributed by atoms with E-state index in [-0.39, 0.29) is 43.0 Å². The molecule has 0 aromatic heterocycles. The molecule has 0 amide bonds. The van der Waals surface area contributed by atoms with E-state index in [1.165, 1.54) is 5.30 Å². The van der Waals surface area contributed by atoms with Crippen molar-refractivity contribution in [3.63, 3.8) is 0 Å². The summed E-state index contributed by atoms with van der Waals surface area (Å²) < 4.78 is 91.3. The van der Waals surface area contributed by atoms with E-state index in [1.807, 2.05) is 30.3 Å². The van der Waals surface area contributed by atoms with Crippen molar-refractivity contribution < 1.29 is 46.3 Å². The van der Waals surface area contributed by atoms with E-state index in [4.69, 9.17) is 0 Å². The Hall–Kier alpha value is -0.336. The molecule has 0 N–H and O–H groups in total. The summed E-state index contributed by atoms with van der Waals surface area (Å²) >= 11 is -14.3. The van der Waals surface area contributed by atoms with Crippen LogP contribution >= 0.6 is 9.24 Å². The zero-order valence-electron chi connectivity index (χ0n) is 16.0. The van der Waals surface area contributed by atoms with Gasteiger partial charge in [-0.3, -0.25) is 0 Å². The fourth-order valence-electron chi connectivity index (χ4n) is 2.05. The molecule has 0 saturated heterocycles. The molecule has 0 fully saturated rings. The van der Waals surface area contributed by atoms with Crippen LogP contribution in [0.3, 0.4) is 0 Å². The molecule has 1 rings (SSSR count). The van der Waals surface area contributed by atoms with Crippen molar-refractivity contribution in [2.45, 2.75) is 49.0 Å². The van der Waals surface area contributed by atoms with Crippen LogP contribution in [0, 0.1) is 0 Å². The molecule has 0 radical (unpaired) electrons. The second-order valence-corrected chi connectivity index (χ2v) is 24.7. The summed E-state index contributed by atoms with van der Waals surface area (Å²) in [7, 11) is 2.63. The molecule has 3 nitrogen and oxygen atoms in total. The first kappa shape index (κ1) is 24.7. The zero-order chi connectivity index (χ0) is 20.9. The average molecular weight is 435 g/mol. The number of rotatable bonds is 2. The van der Waals surface area contributed by atoms with Gasteiger partial charge in [-0.2, -0.15) is 0 Å². The van der Waals surface area contributed by atoms with E-state index < -0.39 is 20.5 Å². The Morgan fingerprint density at radius 1 is 0.840 bits per heavy atom. The van der Waals surface area contributed by atoms with Gasteiger partial charge in [-0.1, -0.05) is 30.3 Å². The van der Waals surface area contributed by atoms with E-state index >= 15 is 0 Å². The van der Waals surface area contributed by atoms with Gasteiger partial charge in [-0.25, -0.2) is 0 Å². The summed E-state index contributed by atoms with van der Waals surface area (Å²) in [5.74, 6) is 0. The number of halogens is 6. The molecule has 0 aliphatic heterocycles. The largest absolute Gasteiger partial charge is 1.00 e. The van der Waals surface area contributed by atoms with Gasteiger partial charge in [-0.05, 0) is 5.30 Å². The van der Waals surface area contributed by atoms with Gasteiger partial charge in [-0.15, -0.1) is 9.24 Å². The molecule has 0 aliphatic carbocycles. The molecule has 1 atom stereocenters. The van der Waals surface area contributed by atoms with Gasteiger partial charge in [0.1, 0.15) is 0 Å². The van der Waals surface area contributed by atoms with Gasteiger partial charge in [0.2, 0.25) is 0 Å². The second-order valence-electron chi connectivity index (χ2n) is 9.16. The van der Waals surface area contributed by atoms with Crippen LogP contribution in [-0.4, -0.2) is 0 Å². The maximum Gasteiger partial charge on any atom is 1.00 e. The summed E-state index contributed by atoms with van der Waals surface area (Å²) in [6.07, 6.45) is 0. The minimum Gasteiger partial charge on any atom is -0.106 e. The quantitative estimate of drug-likeness (QED) is 0.283. The zero-order valence-corrected chi connectivity index (χ0v) is 17.7. The summed E-state index contributed by atoms with van der Waals surface area (Å²) in [5, 5.41) is 1.24. The van der Waals surface area contributed by atoms with E-state index in [2.05, 4.69) is 9.24 Å². The van der Waals surface area contributed by atoms with Crippen LogP contribution in [0.5, 0.6) is 0 Å². The third-order valence-electron chi connectivity index (χ3n) is 6.17. The van der Waals surface area contributed by atoms with E-state index in [0.717, 1.165) is 0 Å². The normalized spacial score (nSPS) is 21.7. The molecule has 150 valence electrons. The topological polar surface area (TPSA) is 35.5 Å². The summed E-state index contributed by atoms with van der Waals surface area (Å²) in [6.45, 7) is -0.289. The number of benzene rings is 1. The number of hydrogen-bond donors (Lipinski definition) is 0. The van der Waals surface area contributed by atoms with Crippen molar-refractivity contribution in [1.29, 1.82) is 0 Å². The predicted molar refractivity (Wildman–Crippen MR) is 85.8 cm³/mol. The molecule has 11 heteroatoms. The van der Waals surface area contributed by atoms with Gasteiger partial charge in [0.05, 0.1) is 0 Å². The smallest absolute Gasteiger partial charge is 0.106 e. The van der Waals surface area contributed by atoms with Crippen LogP contribution in [-0.2, 0) is 23.4 Å². The van der Waals surface area contributed by atoms with Crippen molar-refractivity contribution in [3.05, 3.63) is 30.3 Å². The van der Waals surface area contributed by atoms with Crippen LogP contribution < -0.4 is 5.30 Å². The third kappa shape index (κ3) is 2.16. The molecule has 1 aromatic rings. The molecule has 25 heavy (non-hydrogen) atoms. The van der Waals surface area contributed by atoms with Crippen molar-refractivity contribution >= 4 is 14.5 Å². The van der Waals surface area contributed by atoms with Crippen LogP contribution in [0.25, 0.3) is 0 Å². The molecule has 1 aromatic carbocycles. The van der Waals surface area contributed by atoms with Gasteiger partial charge in [0, 0.05) is 0 Å². The Balaban J connectivity index is 0. The minimum atomic E-state index is -14.3. The molecule has 0 heterocycles. The maximum atomic E-state index is 14.8. The van der Waals surface area contributed by atoms with Crippen LogP contribution in [0.2, 0.25) is 7.44 Å². The summed E-state index contributed by atoms with van der Waals surface area (Å²) in [5.41, 5.74) is 0. The van der Waals surface area contributed by atoms with Gasteiger partial charge >= 0.3 is 95.3 Å². The molecule has 0 saturated carbocycles. The van der Waals surface area contributed by atoms with Crippen LogP contribution in [0.4, 0.5) is 21.4 Å². The number of hydrogen-bond acceptors (Lipinski definition) is 3. The maximum absolute atomic E-state index is 14.8. The Bertz CT molecular complexity index is 852. The van der Waals surface area contributed by atoms with E-state index in [1.54, 1.807) is 7.05 Å². The Morgan fingerprint density at radius 2 is 1.12 bits per heavy atom. The first-order valence-corrected chi connectivity index (χ1v) is 13.8. The van der Waals surface area contributed by atoms with Crippen molar-refractivity contribution in [2.24, 2.45) is 0 Å².